The van der Waals surface area contributed by atoms with Gasteiger partial charge in [0.1, 0.15) is 11.4 Å². The molecule has 0 spiro atoms. The molecule has 0 aliphatic carbocycles. The molecule has 1 amide bonds. The monoisotopic (exact) mass is 383 g/mol. The molecule has 2 fully saturated rings. The molecule has 3 heterocycles. The molecule has 2 saturated heterocycles. The van der Waals surface area contributed by atoms with Crippen molar-refractivity contribution in [3.8, 4) is 5.75 Å². The van der Waals surface area contributed by atoms with Crippen LogP contribution in [0.2, 0.25) is 0 Å². The third-order valence-electron chi connectivity index (χ3n) is 5.74. The standard InChI is InChI=1S/C21H29N5O2/c1-28-19-6-2-4-17(12-19)25-10-7-16(15-25)13-23-21(27)20-8-11-26(24-20)18-5-3-9-22-14-18/h2,4,6,8,11-12,16,18,22H,3,5,7,9-10,13-15H2,1H3,(H,23,27). The lowest BCUT2D eigenvalue weighted by atomic mass is 10.1. The molecule has 2 atom stereocenters. The molecule has 2 aliphatic heterocycles. The van der Waals surface area contributed by atoms with Crippen LogP contribution in [-0.2, 0) is 0 Å². The van der Waals surface area contributed by atoms with Gasteiger partial charge < -0.3 is 20.3 Å². The summed E-state index contributed by atoms with van der Waals surface area (Å²) in [6, 6.07) is 10.3. The highest BCUT2D eigenvalue weighted by Gasteiger charge is 2.24. The van der Waals surface area contributed by atoms with Gasteiger partial charge >= 0.3 is 0 Å². The summed E-state index contributed by atoms with van der Waals surface area (Å²) >= 11 is 0. The van der Waals surface area contributed by atoms with Gasteiger partial charge in [0.05, 0.1) is 13.2 Å². The largest absolute Gasteiger partial charge is 0.497 e. The fraction of sp³-hybridized carbons (Fsp3) is 0.524. The van der Waals surface area contributed by atoms with Crippen LogP contribution in [0.3, 0.4) is 0 Å². The zero-order valence-electron chi connectivity index (χ0n) is 16.4. The molecule has 0 radical (unpaired) electrons. The average Bonchev–Trinajstić information content (AvgIpc) is 3.43. The SMILES string of the molecule is COc1cccc(N2CCC(CNC(=O)c3ccn(C4CCCNC4)n3)C2)c1. The number of hydrogen-bond donors (Lipinski definition) is 2. The zero-order valence-corrected chi connectivity index (χ0v) is 16.4. The molecule has 2 aromatic rings. The molecule has 7 nitrogen and oxygen atoms in total. The van der Waals surface area contributed by atoms with Crippen molar-refractivity contribution in [3.05, 3.63) is 42.2 Å². The van der Waals surface area contributed by atoms with Gasteiger partial charge in [0.25, 0.3) is 5.91 Å². The van der Waals surface area contributed by atoms with E-state index in [-0.39, 0.29) is 5.91 Å². The van der Waals surface area contributed by atoms with E-state index in [1.807, 2.05) is 29.1 Å². The van der Waals surface area contributed by atoms with E-state index in [4.69, 9.17) is 4.74 Å². The summed E-state index contributed by atoms with van der Waals surface area (Å²) in [5.74, 6) is 1.24. The third kappa shape index (κ3) is 4.30. The van der Waals surface area contributed by atoms with Crippen LogP contribution in [-0.4, -0.2) is 55.5 Å². The fourth-order valence-corrected chi connectivity index (χ4v) is 4.09. The Balaban J connectivity index is 1.28. The van der Waals surface area contributed by atoms with E-state index >= 15 is 0 Å². The average molecular weight is 383 g/mol. The molecule has 1 aromatic heterocycles. The van der Waals surface area contributed by atoms with Gasteiger partial charge in [-0.1, -0.05) is 6.07 Å². The van der Waals surface area contributed by atoms with Crippen molar-refractivity contribution in [1.82, 2.24) is 20.4 Å². The molecule has 2 unspecified atom stereocenters. The van der Waals surface area contributed by atoms with Gasteiger partial charge in [-0.2, -0.15) is 5.10 Å². The van der Waals surface area contributed by atoms with Crippen molar-refractivity contribution in [3.63, 3.8) is 0 Å². The van der Waals surface area contributed by atoms with E-state index in [1.54, 1.807) is 7.11 Å². The van der Waals surface area contributed by atoms with Gasteiger partial charge in [0.15, 0.2) is 0 Å². The second kappa shape index (κ2) is 8.65. The van der Waals surface area contributed by atoms with Gasteiger partial charge in [-0.05, 0) is 49.9 Å². The maximum atomic E-state index is 12.5. The summed E-state index contributed by atoms with van der Waals surface area (Å²) in [4.78, 5) is 14.9. The number of anilines is 1. The molecule has 0 saturated carbocycles. The first kappa shape index (κ1) is 18.8. The van der Waals surface area contributed by atoms with E-state index < -0.39 is 0 Å². The molecular formula is C21H29N5O2. The van der Waals surface area contributed by atoms with E-state index in [0.717, 1.165) is 51.2 Å². The van der Waals surface area contributed by atoms with E-state index in [0.29, 0.717) is 24.2 Å². The molecular weight excluding hydrogens is 354 g/mol. The Morgan fingerprint density at radius 1 is 1.36 bits per heavy atom. The van der Waals surface area contributed by atoms with Gasteiger partial charge in [-0.25, -0.2) is 0 Å². The maximum Gasteiger partial charge on any atom is 0.271 e. The highest BCUT2D eigenvalue weighted by Crippen LogP contribution is 2.26. The minimum atomic E-state index is -0.0812. The van der Waals surface area contributed by atoms with E-state index in [9.17, 15) is 4.79 Å². The lowest BCUT2D eigenvalue weighted by Crippen LogP contribution is -2.33. The Labute approximate surface area is 166 Å². The van der Waals surface area contributed by atoms with Gasteiger partial charge in [-0.3, -0.25) is 9.48 Å². The zero-order chi connectivity index (χ0) is 19.3. The Bertz CT molecular complexity index is 800. The van der Waals surface area contributed by atoms with Crippen molar-refractivity contribution in [2.24, 2.45) is 5.92 Å². The number of ether oxygens (including phenoxy) is 1. The van der Waals surface area contributed by atoms with Crippen LogP contribution >= 0.6 is 0 Å². The smallest absolute Gasteiger partial charge is 0.271 e. The van der Waals surface area contributed by atoms with Crippen molar-refractivity contribution in [2.45, 2.75) is 25.3 Å². The Kier molecular flexibility index (Phi) is 5.81. The molecule has 28 heavy (non-hydrogen) atoms. The van der Waals surface area contributed by atoms with Crippen LogP contribution in [0, 0.1) is 5.92 Å². The summed E-state index contributed by atoms with van der Waals surface area (Å²) in [5, 5.41) is 11.0. The van der Waals surface area contributed by atoms with Crippen molar-refractivity contribution in [1.29, 1.82) is 0 Å². The van der Waals surface area contributed by atoms with Crippen LogP contribution in [0.15, 0.2) is 36.5 Å². The van der Waals surface area contributed by atoms with Gasteiger partial charge in [0, 0.05) is 44.1 Å². The highest BCUT2D eigenvalue weighted by molar-refractivity contribution is 5.92. The van der Waals surface area contributed by atoms with Crippen LogP contribution in [0.1, 0.15) is 35.8 Å². The number of nitrogens with zero attached hydrogens (tertiary/aromatic N) is 3. The number of amides is 1. The fourth-order valence-electron chi connectivity index (χ4n) is 4.09. The Morgan fingerprint density at radius 2 is 2.29 bits per heavy atom. The van der Waals surface area contributed by atoms with E-state index in [1.165, 1.54) is 5.69 Å². The number of hydrogen-bond acceptors (Lipinski definition) is 5. The number of methoxy groups -OCH3 is 1. The minimum Gasteiger partial charge on any atom is -0.497 e. The molecule has 2 aliphatic rings. The molecule has 1 aromatic carbocycles. The second-order valence-corrected chi connectivity index (χ2v) is 7.69. The summed E-state index contributed by atoms with van der Waals surface area (Å²) in [7, 11) is 1.69. The number of piperidine rings is 1. The summed E-state index contributed by atoms with van der Waals surface area (Å²) < 4.78 is 7.25. The van der Waals surface area contributed by atoms with Crippen LogP contribution in [0.25, 0.3) is 0 Å². The first-order valence-corrected chi connectivity index (χ1v) is 10.2. The topological polar surface area (TPSA) is 71.4 Å². The highest BCUT2D eigenvalue weighted by atomic mass is 16.5. The van der Waals surface area contributed by atoms with Crippen molar-refractivity contribution >= 4 is 11.6 Å². The number of aromatic nitrogens is 2. The summed E-state index contributed by atoms with van der Waals surface area (Å²) in [6.07, 6.45) is 5.25. The first-order chi connectivity index (χ1) is 13.7. The third-order valence-corrected chi connectivity index (χ3v) is 5.74. The minimum absolute atomic E-state index is 0.0812. The second-order valence-electron chi connectivity index (χ2n) is 7.69. The number of carbonyl (C=O) groups excluding carboxylic acids is 1. The molecule has 2 N–H and O–H groups in total. The summed E-state index contributed by atoms with van der Waals surface area (Å²) in [6.45, 7) is 4.61. The normalized spacial score (nSPS) is 22.2. The number of nitrogens with one attached hydrogen (secondary N) is 2. The first-order valence-electron chi connectivity index (χ1n) is 10.2. The Morgan fingerprint density at radius 3 is 3.11 bits per heavy atom. The number of carbonyl (C=O) groups is 1. The lowest BCUT2D eigenvalue weighted by molar-refractivity contribution is 0.0942. The van der Waals surface area contributed by atoms with Crippen LogP contribution in [0.5, 0.6) is 5.75 Å². The van der Waals surface area contributed by atoms with Crippen LogP contribution in [0.4, 0.5) is 5.69 Å². The molecule has 0 bridgehead atoms. The van der Waals surface area contributed by atoms with Gasteiger partial charge in [0.2, 0.25) is 0 Å². The molecule has 4 rings (SSSR count). The number of benzene rings is 1. The quantitative estimate of drug-likeness (QED) is 0.799. The van der Waals surface area contributed by atoms with E-state index in [2.05, 4.69) is 32.8 Å². The molecule has 7 heteroatoms. The molecule has 150 valence electrons. The maximum absolute atomic E-state index is 12.5. The Hall–Kier alpha value is -2.54. The predicted octanol–water partition coefficient (Wildman–Crippen LogP) is 2.07. The van der Waals surface area contributed by atoms with Crippen molar-refractivity contribution in [2.75, 3.05) is 44.7 Å². The number of rotatable bonds is 6. The van der Waals surface area contributed by atoms with Crippen LogP contribution < -0.4 is 20.3 Å². The van der Waals surface area contributed by atoms with Gasteiger partial charge in [-0.15, -0.1) is 0 Å². The predicted molar refractivity (Wildman–Crippen MR) is 109 cm³/mol. The summed E-state index contributed by atoms with van der Waals surface area (Å²) in [5.41, 5.74) is 1.68. The lowest BCUT2D eigenvalue weighted by Gasteiger charge is -2.22. The van der Waals surface area contributed by atoms with Crippen molar-refractivity contribution < 1.29 is 9.53 Å².